The van der Waals surface area contributed by atoms with E-state index in [1.807, 2.05) is 24.3 Å². The number of rotatable bonds is 7. The monoisotopic (exact) mass is 308 g/mol. The quantitative estimate of drug-likeness (QED) is 0.342. The third kappa shape index (κ3) is 4.64. The average molecular weight is 308 g/mol. The Hall–Kier alpha value is -1.73. The zero-order chi connectivity index (χ0) is 15.8. The third-order valence-corrected chi connectivity index (χ3v) is 4.27. The molecule has 0 atom stereocenters. The molecule has 0 saturated heterocycles. The molecule has 0 radical (unpaired) electrons. The highest BCUT2D eigenvalue weighted by molar-refractivity contribution is 7.81. The largest absolute Gasteiger partial charge is 0.0795 e. The van der Waals surface area contributed by atoms with Crippen molar-refractivity contribution in [3.63, 3.8) is 0 Å². The molecule has 0 heterocycles. The lowest BCUT2D eigenvalue weighted by Crippen LogP contribution is -1.95. The lowest BCUT2D eigenvalue weighted by Gasteiger charge is -2.08. The molecule has 0 bridgehead atoms. The first-order chi connectivity index (χ1) is 10.7. The van der Waals surface area contributed by atoms with Crippen LogP contribution in [0.15, 0.2) is 54.6 Å². The number of allylic oxidation sites excluding steroid dienone is 1. The number of unbranched alkanes of at least 4 members (excludes halogenated alkanes) is 1. The van der Waals surface area contributed by atoms with Gasteiger partial charge in [0.25, 0.3) is 0 Å². The minimum absolute atomic E-state index is 0.885. The smallest absolute Gasteiger partial charge is 0.0449 e. The van der Waals surface area contributed by atoms with E-state index in [0.717, 1.165) is 16.8 Å². The summed E-state index contributed by atoms with van der Waals surface area (Å²) >= 11 is 5.48. The predicted molar refractivity (Wildman–Crippen MR) is 102 cm³/mol. The molecular weight excluding hydrogens is 284 g/mol. The van der Waals surface area contributed by atoms with Gasteiger partial charge in [0, 0.05) is 4.86 Å². The van der Waals surface area contributed by atoms with Gasteiger partial charge in [0.05, 0.1) is 0 Å². The van der Waals surface area contributed by atoms with E-state index >= 15 is 0 Å². The van der Waals surface area contributed by atoms with E-state index in [1.165, 1.54) is 36.0 Å². The van der Waals surface area contributed by atoms with Crippen LogP contribution >= 0.6 is 12.2 Å². The molecule has 0 unspecified atom stereocenters. The molecule has 0 amide bonds. The van der Waals surface area contributed by atoms with Crippen LogP contribution in [0.4, 0.5) is 0 Å². The number of hydrogen-bond acceptors (Lipinski definition) is 1. The van der Waals surface area contributed by atoms with E-state index in [2.05, 4.69) is 50.3 Å². The van der Waals surface area contributed by atoms with Gasteiger partial charge in [0.2, 0.25) is 0 Å². The second kappa shape index (κ2) is 8.65. The summed E-state index contributed by atoms with van der Waals surface area (Å²) in [5.74, 6) is 0. The lowest BCUT2D eigenvalue weighted by atomic mass is 9.97. The van der Waals surface area contributed by atoms with Crippen molar-refractivity contribution in [1.82, 2.24) is 0 Å². The van der Waals surface area contributed by atoms with Crippen LogP contribution in [0.2, 0.25) is 0 Å². The second-order valence-corrected chi connectivity index (χ2v) is 5.99. The molecule has 114 valence electrons. The Labute approximate surface area is 139 Å². The summed E-state index contributed by atoms with van der Waals surface area (Å²) in [5, 5.41) is 0. The zero-order valence-electron chi connectivity index (χ0n) is 13.5. The van der Waals surface area contributed by atoms with Crippen LogP contribution in [0.25, 0.3) is 6.08 Å². The van der Waals surface area contributed by atoms with Crippen LogP contribution in [-0.4, -0.2) is 4.86 Å². The molecule has 22 heavy (non-hydrogen) atoms. The Bertz CT molecular complexity index is 638. The maximum absolute atomic E-state index is 5.48. The van der Waals surface area contributed by atoms with Crippen molar-refractivity contribution in [2.45, 2.75) is 39.5 Å². The normalized spacial score (nSPS) is 11.0. The van der Waals surface area contributed by atoms with E-state index < -0.39 is 0 Å². The van der Waals surface area contributed by atoms with Crippen molar-refractivity contribution >= 4 is 23.2 Å². The first-order valence-electron chi connectivity index (χ1n) is 8.13. The van der Waals surface area contributed by atoms with E-state index in [-0.39, 0.29) is 0 Å². The van der Waals surface area contributed by atoms with Crippen LogP contribution in [0.3, 0.4) is 0 Å². The maximum atomic E-state index is 5.48. The van der Waals surface area contributed by atoms with Gasteiger partial charge < -0.3 is 0 Å². The maximum Gasteiger partial charge on any atom is 0.0449 e. The van der Waals surface area contributed by atoms with Crippen molar-refractivity contribution in [1.29, 1.82) is 0 Å². The summed E-state index contributed by atoms with van der Waals surface area (Å²) in [6.45, 7) is 4.47. The fourth-order valence-corrected chi connectivity index (χ4v) is 2.77. The van der Waals surface area contributed by atoms with Crippen LogP contribution in [0.5, 0.6) is 0 Å². The first-order valence-corrected chi connectivity index (χ1v) is 8.54. The van der Waals surface area contributed by atoms with Gasteiger partial charge in [-0.3, -0.25) is 0 Å². The topological polar surface area (TPSA) is 0 Å². The highest BCUT2D eigenvalue weighted by Gasteiger charge is 2.02. The predicted octanol–water partition coefficient (Wildman–Crippen LogP) is 6.02. The van der Waals surface area contributed by atoms with Crippen molar-refractivity contribution in [2.24, 2.45) is 0 Å². The minimum Gasteiger partial charge on any atom is -0.0795 e. The second-order valence-electron chi connectivity index (χ2n) is 5.55. The molecule has 0 nitrogen and oxygen atoms in total. The summed E-state index contributed by atoms with van der Waals surface area (Å²) in [6.07, 6.45) is 8.93. The molecule has 1 heteroatoms. The first kappa shape index (κ1) is 16.6. The minimum atomic E-state index is 0.885. The van der Waals surface area contributed by atoms with E-state index in [4.69, 9.17) is 12.2 Å². The fourth-order valence-electron chi connectivity index (χ4n) is 2.56. The Balaban J connectivity index is 2.15. The summed E-state index contributed by atoms with van der Waals surface area (Å²) in [6, 6.07) is 16.9. The number of thiocarbonyl (C=S) groups is 1. The molecule has 0 fully saturated rings. The summed E-state index contributed by atoms with van der Waals surface area (Å²) < 4.78 is 0. The Morgan fingerprint density at radius 3 is 2.45 bits per heavy atom. The standard InChI is InChI=1S/C21H24S/c1-3-5-9-20-16-17(12-14-18(20)4-2)13-15-21(22)19-10-7-6-8-11-19/h6-8,10-16H,3-5,9H2,1-2H3. The van der Waals surface area contributed by atoms with Gasteiger partial charge in [0.15, 0.2) is 0 Å². The van der Waals surface area contributed by atoms with Gasteiger partial charge in [-0.25, -0.2) is 0 Å². The highest BCUT2D eigenvalue weighted by Crippen LogP contribution is 2.17. The average Bonchev–Trinajstić information content (AvgIpc) is 2.58. The van der Waals surface area contributed by atoms with Gasteiger partial charge in [0.1, 0.15) is 0 Å². The molecule has 0 aliphatic carbocycles. The highest BCUT2D eigenvalue weighted by atomic mass is 32.1. The van der Waals surface area contributed by atoms with Gasteiger partial charge in [-0.1, -0.05) is 87.1 Å². The Kier molecular flexibility index (Phi) is 6.54. The molecule has 0 spiro atoms. The molecule has 2 aromatic rings. The summed E-state index contributed by atoms with van der Waals surface area (Å²) in [7, 11) is 0. The molecule has 0 aromatic heterocycles. The molecule has 0 aliphatic rings. The molecule has 0 aliphatic heterocycles. The van der Waals surface area contributed by atoms with Crippen molar-refractivity contribution in [3.8, 4) is 0 Å². The molecule has 2 rings (SSSR count). The van der Waals surface area contributed by atoms with Crippen molar-refractivity contribution in [3.05, 3.63) is 76.9 Å². The van der Waals surface area contributed by atoms with Crippen LogP contribution in [0, 0.1) is 0 Å². The van der Waals surface area contributed by atoms with Crippen LogP contribution < -0.4 is 0 Å². The van der Waals surface area contributed by atoms with Gasteiger partial charge in [-0.15, -0.1) is 0 Å². The summed E-state index contributed by atoms with van der Waals surface area (Å²) in [5.41, 5.74) is 5.29. The van der Waals surface area contributed by atoms with E-state index in [1.54, 1.807) is 0 Å². The lowest BCUT2D eigenvalue weighted by molar-refractivity contribution is 0.787. The number of aryl methyl sites for hydroxylation is 2. The number of hydrogen-bond donors (Lipinski definition) is 0. The van der Waals surface area contributed by atoms with Crippen LogP contribution in [0.1, 0.15) is 48.9 Å². The zero-order valence-corrected chi connectivity index (χ0v) is 14.3. The third-order valence-electron chi connectivity index (χ3n) is 3.90. The van der Waals surface area contributed by atoms with Crippen molar-refractivity contribution in [2.75, 3.05) is 0 Å². The molecule has 2 aromatic carbocycles. The van der Waals surface area contributed by atoms with E-state index in [9.17, 15) is 0 Å². The SMILES string of the molecule is CCCCc1cc(C=CC(=S)c2ccccc2)ccc1CC. The van der Waals surface area contributed by atoms with Crippen LogP contribution in [-0.2, 0) is 12.8 Å². The Morgan fingerprint density at radius 2 is 1.77 bits per heavy atom. The van der Waals surface area contributed by atoms with Gasteiger partial charge in [-0.2, -0.15) is 0 Å². The van der Waals surface area contributed by atoms with E-state index in [0.29, 0.717) is 0 Å². The Morgan fingerprint density at radius 1 is 1.00 bits per heavy atom. The fraction of sp³-hybridized carbons (Fsp3) is 0.286. The van der Waals surface area contributed by atoms with Gasteiger partial charge in [-0.05, 0) is 47.6 Å². The summed E-state index contributed by atoms with van der Waals surface area (Å²) in [4.78, 5) is 0.885. The number of benzene rings is 2. The molecule has 0 saturated carbocycles. The molecule has 0 N–H and O–H groups in total. The molecular formula is C21H24S. The van der Waals surface area contributed by atoms with Gasteiger partial charge >= 0.3 is 0 Å². The van der Waals surface area contributed by atoms with Crippen molar-refractivity contribution < 1.29 is 0 Å².